The maximum absolute atomic E-state index is 6.65. The van der Waals surface area contributed by atoms with E-state index in [1.807, 2.05) is 0 Å². The predicted molar refractivity (Wildman–Crippen MR) is 240 cm³/mol. The first-order valence-electron chi connectivity index (χ1n) is 20.6. The number of nitrogens with zero attached hydrogens (tertiary/aromatic N) is 1. The molecule has 2 heteroatoms. The smallest absolute Gasteiger partial charge is 0.135 e. The molecule has 0 spiro atoms. The molecule has 0 fully saturated rings. The molecule has 2 heterocycles. The Hall–Kier alpha value is -6.90. The molecule has 7 aromatic carbocycles. The first-order chi connectivity index (χ1) is 28.7. The number of anilines is 2. The lowest BCUT2D eigenvalue weighted by Gasteiger charge is -2.37. The molecule has 3 aliphatic carbocycles. The van der Waals surface area contributed by atoms with E-state index >= 15 is 0 Å². The van der Waals surface area contributed by atoms with Crippen molar-refractivity contribution < 1.29 is 4.42 Å². The zero-order chi connectivity index (χ0) is 38.4. The molecular formula is C56H41NO. The molecule has 5 atom stereocenters. The molecule has 12 rings (SSSR count). The number of benzene rings is 7. The van der Waals surface area contributed by atoms with E-state index in [2.05, 4.69) is 218 Å². The molecule has 0 bridgehead atoms. The van der Waals surface area contributed by atoms with E-state index in [0.717, 1.165) is 21.9 Å². The number of hydrogen-bond donors (Lipinski definition) is 0. The SMILES string of the molecule is CC1C=CC=C2C1c1ccccc1C2(c1cccc(-c2cccc(-c3ccccc3)c2)c1)c1ccc2oc3ccc(N4c5ccccc5C5C=CC=CC54)cc3c2c1. The standard InChI is InChI=1S/C56H41NO/c1-36-14-11-25-50-55(36)46-23-5-8-24-49(46)56(50,41-20-13-19-40(33-41)39-18-12-17-38(32-39)37-15-3-2-4-16-37)42-28-30-53-47(34-42)48-35-43(29-31-54(48)58-53)57-51-26-9-6-21-44(51)45-22-7-10-27-52(45)57/h2-36,44,51,55H,1H3. The zero-order valence-electron chi connectivity index (χ0n) is 32.3. The summed E-state index contributed by atoms with van der Waals surface area (Å²) in [6.45, 7) is 2.37. The van der Waals surface area contributed by atoms with Gasteiger partial charge < -0.3 is 9.32 Å². The van der Waals surface area contributed by atoms with E-state index in [1.54, 1.807) is 0 Å². The summed E-state index contributed by atoms with van der Waals surface area (Å²) in [5.41, 5.74) is 16.8. The average Bonchev–Trinajstić information content (AvgIpc) is 3.93. The van der Waals surface area contributed by atoms with Gasteiger partial charge in [-0.25, -0.2) is 0 Å². The van der Waals surface area contributed by atoms with Crippen LogP contribution in [0.2, 0.25) is 0 Å². The minimum Gasteiger partial charge on any atom is -0.456 e. The van der Waals surface area contributed by atoms with E-state index in [0.29, 0.717) is 11.8 Å². The Labute approximate surface area is 339 Å². The van der Waals surface area contributed by atoms with Crippen LogP contribution in [0.1, 0.15) is 46.6 Å². The Morgan fingerprint density at radius 1 is 0.517 bits per heavy atom. The summed E-state index contributed by atoms with van der Waals surface area (Å²) in [5.74, 6) is 0.970. The van der Waals surface area contributed by atoms with Gasteiger partial charge in [-0.3, -0.25) is 0 Å². The molecule has 276 valence electrons. The Morgan fingerprint density at radius 3 is 2.07 bits per heavy atom. The number of fused-ring (bicyclic) bond motifs is 9. The van der Waals surface area contributed by atoms with E-state index in [9.17, 15) is 0 Å². The van der Waals surface area contributed by atoms with Gasteiger partial charge in [0, 0.05) is 34.0 Å². The fourth-order valence-corrected chi connectivity index (χ4v) is 10.9. The Bertz CT molecular complexity index is 3070. The van der Waals surface area contributed by atoms with Crippen molar-refractivity contribution in [3.05, 3.63) is 240 Å². The molecule has 0 N–H and O–H groups in total. The highest BCUT2D eigenvalue weighted by molar-refractivity contribution is 6.07. The van der Waals surface area contributed by atoms with Crippen LogP contribution in [0.15, 0.2) is 216 Å². The van der Waals surface area contributed by atoms with Crippen molar-refractivity contribution in [1.29, 1.82) is 0 Å². The number of furan rings is 1. The average molecular weight is 744 g/mol. The minimum atomic E-state index is -0.511. The third-order valence-electron chi connectivity index (χ3n) is 13.4. The van der Waals surface area contributed by atoms with E-state index in [1.165, 1.54) is 67.0 Å². The van der Waals surface area contributed by atoms with Gasteiger partial charge in [-0.05, 0) is 110 Å². The molecule has 0 amide bonds. The Balaban J connectivity index is 1.07. The van der Waals surface area contributed by atoms with Crippen LogP contribution < -0.4 is 4.90 Å². The van der Waals surface area contributed by atoms with Crippen molar-refractivity contribution in [2.24, 2.45) is 5.92 Å². The minimum absolute atomic E-state index is 0.234. The Kier molecular flexibility index (Phi) is 7.35. The highest BCUT2D eigenvalue weighted by Gasteiger charge is 2.52. The van der Waals surface area contributed by atoms with Gasteiger partial charge in [-0.2, -0.15) is 0 Å². The lowest BCUT2D eigenvalue weighted by Crippen LogP contribution is -2.30. The first kappa shape index (κ1) is 33.3. The van der Waals surface area contributed by atoms with Crippen LogP contribution in [0, 0.1) is 5.92 Å². The lowest BCUT2D eigenvalue weighted by atomic mass is 9.65. The molecule has 0 radical (unpaired) electrons. The third kappa shape index (κ3) is 4.78. The molecule has 0 saturated carbocycles. The summed E-state index contributed by atoms with van der Waals surface area (Å²) in [6.07, 6.45) is 16.1. The summed E-state index contributed by atoms with van der Waals surface area (Å²) in [5, 5.41) is 2.28. The summed E-state index contributed by atoms with van der Waals surface area (Å²) in [4.78, 5) is 2.51. The lowest BCUT2D eigenvalue weighted by molar-refractivity contribution is 0.584. The van der Waals surface area contributed by atoms with Crippen LogP contribution in [0.4, 0.5) is 11.4 Å². The van der Waals surface area contributed by atoms with Crippen molar-refractivity contribution in [3.63, 3.8) is 0 Å². The Morgan fingerprint density at radius 2 is 1.19 bits per heavy atom. The van der Waals surface area contributed by atoms with Gasteiger partial charge >= 0.3 is 0 Å². The third-order valence-corrected chi connectivity index (χ3v) is 13.4. The fraction of sp³-hybridized carbons (Fsp3) is 0.107. The topological polar surface area (TPSA) is 16.4 Å². The number of allylic oxidation sites excluding steroid dienone is 6. The normalized spacial score (nSPS) is 22.5. The molecule has 1 aliphatic heterocycles. The second kappa shape index (κ2) is 12.8. The van der Waals surface area contributed by atoms with Crippen LogP contribution in [0.25, 0.3) is 44.2 Å². The number of hydrogen-bond acceptors (Lipinski definition) is 2. The predicted octanol–water partition coefficient (Wildman–Crippen LogP) is 14.2. The van der Waals surface area contributed by atoms with Crippen molar-refractivity contribution in [2.75, 3.05) is 4.90 Å². The van der Waals surface area contributed by atoms with Gasteiger partial charge in [0.1, 0.15) is 11.2 Å². The van der Waals surface area contributed by atoms with Crippen molar-refractivity contribution >= 4 is 33.3 Å². The molecular weight excluding hydrogens is 703 g/mol. The summed E-state index contributed by atoms with van der Waals surface area (Å²) in [6, 6.07) is 61.0. The van der Waals surface area contributed by atoms with Crippen LogP contribution in [0.3, 0.4) is 0 Å². The van der Waals surface area contributed by atoms with Crippen LogP contribution in [-0.4, -0.2) is 6.04 Å². The monoisotopic (exact) mass is 743 g/mol. The van der Waals surface area contributed by atoms with Crippen molar-refractivity contribution in [3.8, 4) is 22.3 Å². The summed E-state index contributed by atoms with van der Waals surface area (Å²) >= 11 is 0. The van der Waals surface area contributed by atoms with Gasteiger partial charge in [0.15, 0.2) is 0 Å². The maximum atomic E-state index is 6.65. The number of para-hydroxylation sites is 1. The van der Waals surface area contributed by atoms with Gasteiger partial charge in [-0.1, -0.05) is 165 Å². The second-order valence-electron chi connectivity index (χ2n) is 16.4. The molecule has 2 nitrogen and oxygen atoms in total. The van der Waals surface area contributed by atoms with Gasteiger partial charge in [0.05, 0.1) is 11.5 Å². The number of rotatable bonds is 5. The van der Waals surface area contributed by atoms with E-state index in [4.69, 9.17) is 4.42 Å². The molecule has 0 saturated heterocycles. The zero-order valence-corrected chi connectivity index (χ0v) is 32.3. The van der Waals surface area contributed by atoms with Crippen molar-refractivity contribution in [2.45, 2.75) is 30.2 Å². The van der Waals surface area contributed by atoms with Crippen LogP contribution >= 0.6 is 0 Å². The highest BCUT2D eigenvalue weighted by Crippen LogP contribution is 2.61. The largest absolute Gasteiger partial charge is 0.456 e. The van der Waals surface area contributed by atoms with Gasteiger partial charge in [0.2, 0.25) is 0 Å². The quantitative estimate of drug-likeness (QED) is 0.175. The van der Waals surface area contributed by atoms with Crippen LogP contribution in [-0.2, 0) is 5.41 Å². The van der Waals surface area contributed by atoms with E-state index < -0.39 is 5.41 Å². The molecule has 4 aliphatic rings. The van der Waals surface area contributed by atoms with Gasteiger partial charge in [0.25, 0.3) is 0 Å². The summed E-state index contributed by atoms with van der Waals surface area (Å²) in [7, 11) is 0. The summed E-state index contributed by atoms with van der Waals surface area (Å²) < 4.78 is 6.65. The highest BCUT2D eigenvalue weighted by atomic mass is 16.3. The maximum Gasteiger partial charge on any atom is 0.135 e. The van der Waals surface area contributed by atoms with E-state index in [-0.39, 0.29) is 12.0 Å². The van der Waals surface area contributed by atoms with Crippen LogP contribution in [0.5, 0.6) is 0 Å². The molecule has 58 heavy (non-hydrogen) atoms. The molecule has 1 aromatic heterocycles. The fourth-order valence-electron chi connectivity index (χ4n) is 10.9. The first-order valence-corrected chi connectivity index (χ1v) is 20.6. The van der Waals surface area contributed by atoms with Gasteiger partial charge in [-0.15, -0.1) is 0 Å². The second-order valence-corrected chi connectivity index (χ2v) is 16.4. The molecule has 8 aromatic rings. The molecule has 5 unspecified atom stereocenters. The van der Waals surface area contributed by atoms with Crippen molar-refractivity contribution in [1.82, 2.24) is 0 Å².